The summed E-state index contributed by atoms with van der Waals surface area (Å²) in [7, 11) is 1.83. The molecule has 0 atom stereocenters. The third-order valence-electron chi connectivity index (χ3n) is 4.23. The number of nitrogens with one attached hydrogen (secondary N) is 2. The Balaban J connectivity index is 1.58. The molecule has 1 saturated carbocycles. The Morgan fingerprint density at radius 1 is 1.18 bits per heavy atom. The van der Waals surface area contributed by atoms with Gasteiger partial charge in [0, 0.05) is 19.6 Å². The molecule has 2 rings (SSSR count). The van der Waals surface area contributed by atoms with Crippen LogP contribution in [0.4, 0.5) is 0 Å². The SMILES string of the molecule is CN=C(NCCOCc1ccccc1)NC1CCC(C)CC1. The molecule has 0 aromatic heterocycles. The summed E-state index contributed by atoms with van der Waals surface area (Å²) in [4.78, 5) is 4.30. The summed E-state index contributed by atoms with van der Waals surface area (Å²) >= 11 is 0. The van der Waals surface area contributed by atoms with Crippen molar-refractivity contribution in [3.05, 3.63) is 35.9 Å². The minimum absolute atomic E-state index is 0.563. The fraction of sp³-hybridized carbons (Fsp3) is 0.611. The summed E-state index contributed by atoms with van der Waals surface area (Å²) in [5, 5.41) is 6.85. The minimum Gasteiger partial charge on any atom is -0.375 e. The van der Waals surface area contributed by atoms with E-state index in [9.17, 15) is 0 Å². The van der Waals surface area contributed by atoms with Crippen LogP contribution < -0.4 is 10.6 Å². The molecule has 1 aliphatic rings. The lowest BCUT2D eigenvalue weighted by atomic mass is 9.87. The first-order valence-electron chi connectivity index (χ1n) is 8.36. The molecule has 1 fully saturated rings. The lowest BCUT2D eigenvalue weighted by Crippen LogP contribution is -2.45. The van der Waals surface area contributed by atoms with E-state index in [1.165, 1.54) is 31.2 Å². The van der Waals surface area contributed by atoms with Gasteiger partial charge >= 0.3 is 0 Å². The second-order valence-electron chi connectivity index (χ2n) is 6.14. The Bertz CT molecular complexity index is 439. The van der Waals surface area contributed by atoms with E-state index in [4.69, 9.17) is 4.74 Å². The molecule has 1 aromatic rings. The summed E-state index contributed by atoms with van der Waals surface area (Å²) in [6.07, 6.45) is 5.11. The smallest absolute Gasteiger partial charge is 0.191 e. The van der Waals surface area contributed by atoms with E-state index in [2.05, 4.69) is 34.7 Å². The van der Waals surface area contributed by atoms with Crippen molar-refractivity contribution in [2.45, 2.75) is 45.3 Å². The summed E-state index contributed by atoms with van der Waals surface area (Å²) < 4.78 is 5.67. The zero-order valence-electron chi connectivity index (χ0n) is 13.8. The van der Waals surface area contributed by atoms with E-state index < -0.39 is 0 Å². The highest BCUT2D eigenvalue weighted by Gasteiger charge is 2.18. The number of nitrogens with zero attached hydrogens (tertiary/aromatic N) is 1. The van der Waals surface area contributed by atoms with Crippen molar-refractivity contribution in [2.75, 3.05) is 20.2 Å². The van der Waals surface area contributed by atoms with Crippen LogP contribution in [0.15, 0.2) is 35.3 Å². The second-order valence-corrected chi connectivity index (χ2v) is 6.14. The van der Waals surface area contributed by atoms with E-state index >= 15 is 0 Å². The molecular weight excluding hydrogens is 274 g/mol. The number of hydrogen-bond acceptors (Lipinski definition) is 2. The van der Waals surface area contributed by atoms with Gasteiger partial charge in [0.15, 0.2) is 5.96 Å². The molecule has 0 spiro atoms. The third kappa shape index (κ3) is 6.06. The van der Waals surface area contributed by atoms with Gasteiger partial charge in [0.1, 0.15) is 0 Å². The van der Waals surface area contributed by atoms with Gasteiger partial charge in [-0.2, -0.15) is 0 Å². The average molecular weight is 303 g/mol. The maximum Gasteiger partial charge on any atom is 0.191 e. The summed E-state index contributed by atoms with van der Waals surface area (Å²) in [6.45, 7) is 4.45. The summed E-state index contributed by atoms with van der Waals surface area (Å²) in [5.74, 6) is 1.77. The number of benzene rings is 1. The molecule has 122 valence electrons. The van der Waals surface area contributed by atoms with Gasteiger partial charge in [0.2, 0.25) is 0 Å². The van der Waals surface area contributed by atoms with Crippen molar-refractivity contribution in [3.63, 3.8) is 0 Å². The molecular formula is C18H29N3O. The monoisotopic (exact) mass is 303 g/mol. The number of aliphatic imine (C=N–C) groups is 1. The first kappa shape index (κ1) is 16.8. The number of hydrogen-bond donors (Lipinski definition) is 2. The lowest BCUT2D eigenvalue weighted by molar-refractivity contribution is 0.125. The zero-order valence-corrected chi connectivity index (χ0v) is 13.8. The predicted molar refractivity (Wildman–Crippen MR) is 92.0 cm³/mol. The molecule has 0 amide bonds. The first-order valence-corrected chi connectivity index (χ1v) is 8.36. The summed E-state index contributed by atoms with van der Waals surface area (Å²) in [6, 6.07) is 10.8. The van der Waals surface area contributed by atoms with Gasteiger partial charge in [0.05, 0.1) is 13.2 Å². The highest BCUT2D eigenvalue weighted by Crippen LogP contribution is 2.23. The largest absolute Gasteiger partial charge is 0.375 e. The number of rotatable bonds is 6. The fourth-order valence-electron chi connectivity index (χ4n) is 2.80. The summed E-state index contributed by atoms with van der Waals surface area (Å²) in [5.41, 5.74) is 1.21. The van der Waals surface area contributed by atoms with Gasteiger partial charge in [-0.05, 0) is 37.2 Å². The predicted octanol–water partition coefficient (Wildman–Crippen LogP) is 2.95. The van der Waals surface area contributed by atoms with E-state index in [0.717, 1.165) is 18.4 Å². The maximum atomic E-state index is 5.67. The van der Waals surface area contributed by atoms with Gasteiger partial charge < -0.3 is 15.4 Å². The third-order valence-corrected chi connectivity index (χ3v) is 4.23. The van der Waals surface area contributed by atoms with Crippen LogP contribution in [0.3, 0.4) is 0 Å². The van der Waals surface area contributed by atoms with E-state index in [1.807, 2.05) is 25.2 Å². The molecule has 4 nitrogen and oxygen atoms in total. The van der Waals surface area contributed by atoms with Crippen molar-refractivity contribution in [2.24, 2.45) is 10.9 Å². The highest BCUT2D eigenvalue weighted by molar-refractivity contribution is 5.79. The topological polar surface area (TPSA) is 45.7 Å². The van der Waals surface area contributed by atoms with Crippen LogP contribution in [-0.2, 0) is 11.3 Å². The van der Waals surface area contributed by atoms with Crippen molar-refractivity contribution in [1.29, 1.82) is 0 Å². The molecule has 2 N–H and O–H groups in total. The van der Waals surface area contributed by atoms with Crippen LogP contribution in [-0.4, -0.2) is 32.2 Å². The molecule has 0 heterocycles. The maximum absolute atomic E-state index is 5.67. The van der Waals surface area contributed by atoms with Gasteiger partial charge in [0.25, 0.3) is 0 Å². The van der Waals surface area contributed by atoms with Crippen LogP contribution in [0.2, 0.25) is 0 Å². The van der Waals surface area contributed by atoms with Crippen molar-refractivity contribution >= 4 is 5.96 Å². The molecule has 0 unspecified atom stereocenters. The van der Waals surface area contributed by atoms with Crippen molar-refractivity contribution in [3.8, 4) is 0 Å². The van der Waals surface area contributed by atoms with Gasteiger partial charge in [-0.3, -0.25) is 4.99 Å². The number of ether oxygens (including phenoxy) is 1. The molecule has 0 aliphatic heterocycles. The fourth-order valence-corrected chi connectivity index (χ4v) is 2.80. The van der Waals surface area contributed by atoms with Gasteiger partial charge in [-0.25, -0.2) is 0 Å². The Hall–Kier alpha value is -1.55. The standard InChI is InChI=1S/C18H29N3O/c1-15-8-10-17(11-9-15)21-18(19-2)20-12-13-22-14-16-6-4-3-5-7-16/h3-7,15,17H,8-14H2,1-2H3,(H2,19,20,21). The van der Waals surface area contributed by atoms with E-state index in [1.54, 1.807) is 0 Å². The van der Waals surface area contributed by atoms with Crippen LogP contribution >= 0.6 is 0 Å². The highest BCUT2D eigenvalue weighted by atomic mass is 16.5. The first-order chi connectivity index (χ1) is 10.8. The van der Waals surface area contributed by atoms with Crippen LogP contribution in [0.1, 0.15) is 38.2 Å². The second kappa shape index (κ2) is 9.46. The van der Waals surface area contributed by atoms with Crippen molar-refractivity contribution in [1.82, 2.24) is 10.6 Å². The molecule has 0 saturated heterocycles. The zero-order chi connectivity index (χ0) is 15.6. The Morgan fingerprint density at radius 3 is 2.59 bits per heavy atom. The Kier molecular flexibility index (Phi) is 7.23. The molecule has 4 heteroatoms. The molecule has 0 radical (unpaired) electrons. The van der Waals surface area contributed by atoms with Crippen LogP contribution in [0.5, 0.6) is 0 Å². The van der Waals surface area contributed by atoms with Gasteiger partial charge in [-0.15, -0.1) is 0 Å². The lowest BCUT2D eigenvalue weighted by Gasteiger charge is -2.28. The quantitative estimate of drug-likeness (QED) is 0.482. The molecule has 1 aromatic carbocycles. The molecule has 1 aliphatic carbocycles. The Morgan fingerprint density at radius 2 is 1.91 bits per heavy atom. The number of guanidine groups is 1. The van der Waals surface area contributed by atoms with Crippen LogP contribution in [0.25, 0.3) is 0 Å². The Labute approximate surface area is 134 Å². The normalized spacial score (nSPS) is 22.4. The minimum atomic E-state index is 0.563. The van der Waals surface area contributed by atoms with E-state index in [0.29, 0.717) is 19.3 Å². The van der Waals surface area contributed by atoms with Gasteiger partial charge in [-0.1, -0.05) is 37.3 Å². The van der Waals surface area contributed by atoms with E-state index in [-0.39, 0.29) is 0 Å². The van der Waals surface area contributed by atoms with Crippen molar-refractivity contribution < 1.29 is 4.74 Å². The van der Waals surface area contributed by atoms with Crippen LogP contribution in [0, 0.1) is 5.92 Å². The molecule has 0 bridgehead atoms. The molecule has 22 heavy (non-hydrogen) atoms. The average Bonchev–Trinajstić information content (AvgIpc) is 2.56.